The molecule has 0 bridgehead atoms. The summed E-state index contributed by atoms with van der Waals surface area (Å²) >= 11 is 1.32. The number of rotatable bonds is 13. The van der Waals surface area contributed by atoms with Crippen LogP contribution in [0.3, 0.4) is 0 Å². The number of hydrogen-bond donors (Lipinski definition) is 3. The molecule has 52 heavy (non-hydrogen) atoms. The maximum atomic E-state index is 13.9. The van der Waals surface area contributed by atoms with Crippen molar-refractivity contribution in [1.82, 2.24) is 5.32 Å². The molecule has 1 heterocycles. The number of anilines is 2. The standard InChI is InChI=1S/C40H35N3O8S/c1-47-33-23-35(49-3)34(48-2)20-27(33)19-31(43-38(44)26-13-8-5-9-14-26)39(45)41-28-15-10-16-30(21-28)52-37(25-11-6-4-7-12-25)40(46)42-29-17-18-32-36(22-29)51-24-50-32/h4-23,37H,24H2,1-3H3,(H,41,45)(H,42,46)(H,43,44)/b31-19+. The van der Waals surface area contributed by atoms with E-state index in [0.717, 1.165) is 5.56 Å². The molecule has 0 spiro atoms. The van der Waals surface area contributed by atoms with Crippen LogP contribution in [0.2, 0.25) is 0 Å². The summed E-state index contributed by atoms with van der Waals surface area (Å²) in [6, 6.07) is 33.6. The first-order valence-corrected chi connectivity index (χ1v) is 16.9. The molecular weight excluding hydrogens is 683 g/mol. The minimum Gasteiger partial charge on any atom is -0.496 e. The van der Waals surface area contributed by atoms with E-state index in [0.29, 0.717) is 56.1 Å². The van der Waals surface area contributed by atoms with Gasteiger partial charge in [0.25, 0.3) is 11.8 Å². The van der Waals surface area contributed by atoms with Crippen LogP contribution in [0.5, 0.6) is 28.7 Å². The third kappa shape index (κ3) is 8.48. The van der Waals surface area contributed by atoms with Gasteiger partial charge in [-0.3, -0.25) is 14.4 Å². The van der Waals surface area contributed by atoms with Crippen LogP contribution < -0.4 is 39.6 Å². The van der Waals surface area contributed by atoms with Crippen molar-refractivity contribution in [2.45, 2.75) is 10.1 Å². The average molecular weight is 718 g/mol. The zero-order valence-corrected chi connectivity index (χ0v) is 29.3. The van der Waals surface area contributed by atoms with Crippen molar-refractivity contribution in [2.24, 2.45) is 0 Å². The van der Waals surface area contributed by atoms with Gasteiger partial charge in [0.1, 0.15) is 16.7 Å². The summed E-state index contributed by atoms with van der Waals surface area (Å²) in [5.74, 6) is 1.08. The number of carbonyl (C=O) groups excluding carboxylic acids is 3. The Balaban J connectivity index is 1.27. The molecule has 0 saturated carbocycles. The smallest absolute Gasteiger partial charge is 0.272 e. The third-order valence-corrected chi connectivity index (χ3v) is 9.14. The molecule has 1 aliphatic heterocycles. The number of amides is 3. The van der Waals surface area contributed by atoms with Crippen LogP contribution in [-0.2, 0) is 9.59 Å². The Kier molecular flexibility index (Phi) is 11.3. The molecule has 5 aromatic carbocycles. The second-order valence-electron chi connectivity index (χ2n) is 11.3. The highest BCUT2D eigenvalue weighted by Crippen LogP contribution is 2.39. The van der Waals surface area contributed by atoms with Crippen molar-refractivity contribution in [3.63, 3.8) is 0 Å². The van der Waals surface area contributed by atoms with E-state index in [-0.39, 0.29) is 18.4 Å². The van der Waals surface area contributed by atoms with E-state index in [2.05, 4.69) is 16.0 Å². The van der Waals surface area contributed by atoms with Gasteiger partial charge in [0, 0.05) is 39.5 Å². The Bertz CT molecular complexity index is 2110. The number of ether oxygens (including phenoxy) is 5. The lowest BCUT2D eigenvalue weighted by Crippen LogP contribution is -2.30. The molecule has 0 saturated heterocycles. The number of benzene rings is 5. The molecule has 1 atom stereocenters. The first-order valence-electron chi connectivity index (χ1n) is 16.1. The minimum absolute atomic E-state index is 0.0531. The maximum absolute atomic E-state index is 13.9. The van der Waals surface area contributed by atoms with Crippen LogP contribution in [0.4, 0.5) is 11.4 Å². The van der Waals surface area contributed by atoms with Crippen LogP contribution >= 0.6 is 11.8 Å². The first kappa shape index (κ1) is 35.4. The first-order chi connectivity index (χ1) is 25.3. The van der Waals surface area contributed by atoms with Gasteiger partial charge in [0.05, 0.1) is 21.3 Å². The zero-order chi connectivity index (χ0) is 36.5. The molecule has 3 amide bonds. The monoisotopic (exact) mass is 717 g/mol. The molecule has 0 radical (unpaired) electrons. The van der Waals surface area contributed by atoms with Crippen molar-refractivity contribution >= 4 is 46.9 Å². The van der Waals surface area contributed by atoms with E-state index in [1.807, 2.05) is 36.4 Å². The van der Waals surface area contributed by atoms with Crippen molar-refractivity contribution in [3.05, 3.63) is 138 Å². The molecule has 12 heteroatoms. The summed E-state index contributed by atoms with van der Waals surface area (Å²) in [5.41, 5.74) is 2.57. The highest BCUT2D eigenvalue weighted by Gasteiger charge is 2.24. The van der Waals surface area contributed by atoms with E-state index in [4.69, 9.17) is 23.7 Å². The maximum Gasteiger partial charge on any atom is 0.272 e. The Morgan fingerprint density at radius 1 is 0.692 bits per heavy atom. The van der Waals surface area contributed by atoms with E-state index >= 15 is 0 Å². The van der Waals surface area contributed by atoms with Gasteiger partial charge in [-0.15, -0.1) is 11.8 Å². The SMILES string of the molecule is COc1cc(OC)c(OC)cc1/C=C(/NC(=O)c1ccccc1)C(=O)Nc1cccc(SC(C(=O)Nc2ccc3c(c2)OCO3)c2ccccc2)c1. The lowest BCUT2D eigenvalue weighted by atomic mass is 10.1. The highest BCUT2D eigenvalue weighted by atomic mass is 32.2. The molecule has 0 fully saturated rings. The Morgan fingerprint density at radius 2 is 1.37 bits per heavy atom. The summed E-state index contributed by atoms with van der Waals surface area (Å²) in [7, 11) is 4.49. The second kappa shape index (κ2) is 16.5. The van der Waals surface area contributed by atoms with Gasteiger partial charge in [-0.05, 0) is 60.2 Å². The van der Waals surface area contributed by atoms with Gasteiger partial charge in [-0.2, -0.15) is 0 Å². The number of nitrogens with one attached hydrogen (secondary N) is 3. The molecule has 6 rings (SSSR count). The van der Waals surface area contributed by atoms with Crippen LogP contribution in [0.25, 0.3) is 6.08 Å². The molecule has 11 nitrogen and oxygen atoms in total. The minimum atomic E-state index is -0.643. The van der Waals surface area contributed by atoms with E-state index in [1.165, 1.54) is 39.2 Å². The third-order valence-electron chi connectivity index (χ3n) is 7.89. The van der Waals surface area contributed by atoms with Crippen molar-refractivity contribution in [2.75, 3.05) is 38.8 Å². The predicted molar refractivity (Wildman–Crippen MR) is 199 cm³/mol. The Labute approximate surface area is 304 Å². The Hall–Kier alpha value is -6.40. The second-order valence-corrected chi connectivity index (χ2v) is 12.5. The molecule has 0 aliphatic carbocycles. The summed E-state index contributed by atoms with van der Waals surface area (Å²) in [6.07, 6.45) is 1.50. The summed E-state index contributed by atoms with van der Waals surface area (Å²) in [6.45, 7) is 0.128. The molecule has 1 aliphatic rings. The van der Waals surface area contributed by atoms with Crippen molar-refractivity contribution < 1.29 is 38.1 Å². The van der Waals surface area contributed by atoms with Gasteiger partial charge >= 0.3 is 0 Å². The molecule has 5 aromatic rings. The van der Waals surface area contributed by atoms with Gasteiger partial charge < -0.3 is 39.6 Å². The number of thioether (sulfide) groups is 1. The van der Waals surface area contributed by atoms with E-state index < -0.39 is 17.1 Å². The summed E-state index contributed by atoms with van der Waals surface area (Å²) < 4.78 is 27.3. The van der Waals surface area contributed by atoms with Gasteiger partial charge in [0.15, 0.2) is 23.0 Å². The van der Waals surface area contributed by atoms with E-state index in [9.17, 15) is 14.4 Å². The van der Waals surface area contributed by atoms with Crippen molar-refractivity contribution in [3.8, 4) is 28.7 Å². The normalized spacial score (nSPS) is 12.3. The zero-order valence-electron chi connectivity index (χ0n) is 28.5. The fourth-order valence-corrected chi connectivity index (χ4v) is 6.41. The average Bonchev–Trinajstić information content (AvgIpc) is 3.65. The van der Waals surface area contributed by atoms with Crippen molar-refractivity contribution in [1.29, 1.82) is 0 Å². The highest BCUT2D eigenvalue weighted by molar-refractivity contribution is 8.00. The number of hydrogen-bond acceptors (Lipinski definition) is 9. The van der Waals surface area contributed by atoms with Crippen LogP contribution in [0.15, 0.2) is 126 Å². The number of methoxy groups -OCH3 is 3. The fourth-order valence-electron chi connectivity index (χ4n) is 5.33. The summed E-state index contributed by atoms with van der Waals surface area (Å²) in [4.78, 5) is 41.7. The molecule has 1 unspecified atom stereocenters. The van der Waals surface area contributed by atoms with Crippen LogP contribution in [0.1, 0.15) is 26.7 Å². The van der Waals surface area contributed by atoms with E-state index in [1.54, 1.807) is 78.9 Å². The number of fused-ring (bicyclic) bond motifs is 1. The van der Waals surface area contributed by atoms with Gasteiger partial charge in [-0.1, -0.05) is 54.6 Å². The Morgan fingerprint density at radius 3 is 2.10 bits per heavy atom. The predicted octanol–water partition coefficient (Wildman–Crippen LogP) is 7.32. The van der Waals surface area contributed by atoms with Gasteiger partial charge in [-0.25, -0.2) is 0 Å². The fraction of sp³-hybridized carbons (Fsp3) is 0.125. The molecule has 264 valence electrons. The number of carbonyl (C=O) groups is 3. The largest absolute Gasteiger partial charge is 0.496 e. The molecule has 3 N–H and O–H groups in total. The molecule has 0 aromatic heterocycles. The lowest BCUT2D eigenvalue weighted by Gasteiger charge is -2.18. The molecular formula is C40H35N3O8S. The lowest BCUT2D eigenvalue weighted by molar-refractivity contribution is -0.116. The quantitative estimate of drug-likeness (QED) is 0.0846. The summed E-state index contributed by atoms with van der Waals surface area (Å²) in [5, 5.41) is 7.99. The van der Waals surface area contributed by atoms with Crippen LogP contribution in [0, 0.1) is 0 Å². The van der Waals surface area contributed by atoms with Crippen LogP contribution in [-0.4, -0.2) is 45.8 Å². The topological polar surface area (TPSA) is 133 Å². The van der Waals surface area contributed by atoms with Gasteiger partial charge in [0.2, 0.25) is 12.7 Å².